The number of benzene rings is 1. The molecule has 1 aromatic rings. The van der Waals surface area contributed by atoms with E-state index in [1.54, 1.807) is 24.3 Å². The maximum Gasteiger partial charge on any atom is 0.304 e. The number of aliphatic hydroxyl groups excluding tert-OH is 1. The number of rotatable bonds is 5. The minimum Gasteiger partial charge on any atom is -0.497 e. The molecular formula is C10H13FO4S. The molecule has 0 aromatic heterocycles. The molecular weight excluding hydrogens is 235 g/mol. The molecule has 0 fully saturated rings. The smallest absolute Gasteiger partial charge is 0.304 e. The average molecular weight is 248 g/mol. The Bertz CT molecular complexity index is 444. The number of halogens is 1. The van der Waals surface area contributed by atoms with Crippen molar-refractivity contribution in [1.82, 2.24) is 0 Å². The van der Waals surface area contributed by atoms with Crippen LogP contribution in [0.4, 0.5) is 3.89 Å². The molecule has 4 nitrogen and oxygen atoms in total. The van der Waals surface area contributed by atoms with Crippen LogP contribution in [0.5, 0.6) is 5.75 Å². The normalized spacial score (nSPS) is 13.4. The molecule has 0 radical (unpaired) electrons. The van der Waals surface area contributed by atoms with Crippen LogP contribution in [0.25, 0.3) is 0 Å². The predicted molar refractivity (Wildman–Crippen MR) is 57.6 cm³/mol. The molecule has 0 saturated carbocycles. The Kier molecular flexibility index (Phi) is 4.26. The van der Waals surface area contributed by atoms with Gasteiger partial charge in [0.15, 0.2) is 0 Å². The molecule has 0 aliphatic rings. The van der Waals surface area contributed by atoms with Crippen LogP contribution in [0.2, 0.25) is 0 Å². The van der Waals surface area contributed by atoms with E-state index in [9.17, 15) is 17.4 Å². The van der Waals surface area contributed by atoms with Gasteiger partial charge in [0.05, 0.1) is 13.2 Å². The van der Waals surface area contributed by atoms with E-state index in [4.69, 9.17) is 4.74 Å². The molecule has 0 aliphatic heterocycles. The minimum atomic E-state index is -4.64. The molecule has 0 spiro atoms. The maximum atomic E-state index is 12.3. The summed E-state index contributed by atoms with van der Waals surface area (Å²) in [6.07, 6.45) is -1.18. The first kappa shape index (κ1) is 12.9. The van der Waals surface area contributed by atoms with Crippen molar-refractivity contribution in [1.29, 1.82) is 0 Å². The van der Waals surface area contributed by atoms with Crippen molar-refractivity contribution in [3.63, 3.8) is 0 Å². The largest absolute Gasteiger partial charge is 0.497 e. The van der Waals surface area contributed by atoms with Crippen molar-refractivity contribution in [2.24, 2.45) is 0 Å². The lowest BCUT2D eigenvalue weighted by molar-refractivity contribution is 0.196. The minimum absolute atomic E-state index is 0.0698. The summed E-state index contributed by atoms with van der Waals surface area (Å²) in [4.78, 5) is 0. The van der Waals surface area contributed by atoms with Gasteiger partial charge >= 0.3 is 10.2 Å². The lowest BCUT2D eigenvalue weighted by atomic mass is 10.1. The second kappa shape index (κ2) is 5.27. The molecule has 0 saturated heterocycles. The molecule has 16 heavy (non-hydrogen) atoms. The topological polar surface area (TPSA) is 63.6 Å². The zero-order valence-corrected chi connectivity index (χ0v) is 9.58. The van der Waals surface area contributed by atoms with Crippen molar-refractivity contribution in [2.75, 3.05) is 12.9 Å². The highest BCUT2D eigenvalue weighted by Crippen LogP contribution is 2.14. The molecule has 0 heterocycles. The van der Waals surface area contributed by atoms with Gasteiger partial charge in [0.2, 0.25) is 0 Å². The van der Waals surface area contributed by atoms with Gasteiger partial charge in [0.1, 0.15) is 11.5 Å². The summed E-state index contributed by atoms with van der Waals surface area (Å²) in [5.41, 5.74) is 0.690. The second-order valence-electron chi connectivity index (χ2n) is 3.41. The highest BCUT2D eigenvalue weighted by Gasteiger charge is 2.16. The highest BCUT2D eigenvalue weighted by molar-refractivity contribution is 7.86. The third-order valence-electron chi connectivity index (χ3n) is 2.00. The highest BCUT2D eigenvalue weighted by atomic mass is 32.3. The molecule has 1 atom stereocenters. The summed E-state index contributed by atoms with van der Waals surface area (Å²) >= 11 is 0. The van der Waals surface area contributed by atoms with Gasteiger partial charge in [0, 0.05) is 0 Å². The Hall–Kier alpha value is -1.14. The van der Waals surface area contributed by atoms with Crippen LogP contribution in [0.15, 0.2) is 24.3 Å². The Balaban J connectivity index is 2.65. The summed E-state index contributed by atoms with van der Waals surface area (Å²) in [5.74, 6) is -0.280. The van der Waals surface area contributed by atoms with Gasteiger partial charge in [-0.1, -0.05) is 12.1 Å². The van der Waals surface area contributed by atoms with Gasteiger partial charge in [-0.2, -0.15) is 8.42 Å². The van der Waals surface area contributed by atoms with Crippen LogP contribution in [0.3, 0.4) is 0 Å². The average Bonchev–Trinajstić information content (AvgIpc) is 2.15. The molecule has 6 heteroatoms. The van der Waals surface area contributed by atoms with E-state index < -0.39 is 22.1 Å². The van der Waals surface area contributed by atoms with Gasteiger partial charge in [-0.15, -0.1) is 3.89 Å². The molecule has 1 unspecified atom stereocenters. The van der Waals surface area contributed by atoms with Crippen LogP contribution >= 0.6 is 0 Å². The fourth-order valence-corrected chi connectivity index (χ4v) is 1.94. The van der Waals surface area contributed by atoms with Crippen molar-refractivity contribution >= 4 is 10.2 Å². The van der Waals surface area contributed by atoms with E-state index in [0.29, 0.717) is 11.3 Å². The third-order valence-corrected chi connectivity index (χ3v) is 2.78. The van der Waals surface area contributed by atoms with E-state index in [1.807, 2.05) is 0 Å². The Morgan fingerprint density at radius 1 is 1.50 bits per heavy atom. The maximum absolute atomic E-state index is 12.3. The molecule has 0 amide bonds. The molecule has 0 bridgehead atoms. The predicted octanol–water partition coefficient (Wildman–Crippen LogP) is 0.898. The Morgan fingerprint density at radius 2 is 2.19 bits per heavy atom. The summed E-state index contributed by atoms with van der Waals surface area (Å²) < 4.78 is 37.8. The lowest BCUT2D eigenvalue weighted by Gasteiger charge is -2.08. The van der Waals surface area contributed by atoms with Crippen LogP contribution in [-0.2, 0) is 16.6 Å². The fraction of sp³-hybridized carbons (Fsp3) is 0.400. The zero-order chi connectivity index (χ0) is 12.2. The van der Waals surface area contributed by atoms with Crippen molar-refractivity contribution in [3.8, 4) is 5.75 Å². The SMILES string of the molecule is COc1cccc(CC(O)CS(=O)(=O)F)c1. The molecule has 1 rings (SSSR count). The first-order valence-electron chi connectivity index (χ1n) is 4.64. The van der Waals surface area contributed by atoms with Crippen LogP contribution < -0.4 is 4.74 Å². The first-order chi connectivity index (χ1) is 7.40. The number of hydrogen-bond acceptors (Lipinski definition) is 4. The van der Waals surface area contributed by atoms with Crippen LogP contribution in [0, 0.1) is 0 Å². The first-order valence-corrected chi connectivity index (χ1v) is 6.19. The van der Waals surface area contributed by atoms with Crippen molar-refractivity contribution in [3.05, 3.63) is 29.8 Å². The molecule has 1 N–H and O–H groups in total. The van der Waals surface area contributed by atoms with Gasteiger partial charge < -0.3 is 9.84 Å². The van der Waals surface area contributed by atoms with E-state index in [-0.39, 0.29) is 6.42 Å². The van der Waals surface area contributed by atoms with Crippen LogP contribution in [0.1, 0.15) is 5.56 Å². The third kappa shape index (κ3) is 4.59. The molecule has 0 aliphatic carbocycles. The Labute approximate surface area is 93.9 Å². The quantitative estimate of drug-likeness (QED) is 0.786. The number of ether oxygens (including phenoxy) is 1. The van der Waals surface area contributed by atoms with Crippen molar-refractivity contribution in [2.45, 2.75) is 12.5 Å². The summed E-state index contributed by atoms with van der Waals surface area (Å²) in [5, 5.41) is 9.34. The summed E-state index contributed by atoms with van der Waals surface area (Å²) in [7, 11) is -3.14. The van der Waals surface area contributed by atoms with E-state index in [1.165, 1.54) is 7.11 Å². The van der Waals surface area contributed by atoms with Crippen molar-refractivity contribution < 1.29 is 22.1 Å². The summed E-state index contributed by atoms with van der Waals surface area (Å²) in [6, 6.07) is 6.80. The van der Waals surface area contributed by atoms with Gasteiger partial charge in [0.25, 0.3) is 0 Å². The van der Waals surface area contributed by atoms with E-state index in [2.05, 4.69) is 0 Å². The monoisotopic (exact) mass is 248 g/mol. The number of methoxy groups -OCH3 is 1. The zero-order valence-electron chi connectivity index (χ0n) is 8.76. The van der Waals surface area contributed by atoms with Gasteiger partial charge in [-0.25, -0.2) is 0 Å². The molecule has 1 aromatic carbocycles. The second-order valence-corrected chi connectivity index (χ2v) is 4.83. The van der Waals surface area contributed by atoms with Gasteiger partial charge in [-0.3, -0.25) is 0 Å². The standard InChI is InChI=1S/C10H13FO4S/c1-15-10-4-2-3-8(6-10)5-9(12)7-16(11,13)14/h2-4,6,9,12H,5,7H2,1H3. The Morgan fingerprint density at radius 3 is 2.75 bits per heavy atom. The summed E-state index contributed by atoms with van der Waals surface area (Å²) in [6.45, 7) is 0. The lowest BCUT2D eigenvalue weighted by Crippen LogP contribution is -2.20. The van der Waals surface area contributed by atoms with E-state index >= 15 is 0 Å². The number of hydrogen-bond donors (Lipinski definition) is 1. The van der Waals surface area contributed by atoms with Gasteiger partial charge in [-0.05, 0) is 24.1 Å². The van der Waals surface area contributed by atoms with E-state index in [0.717, 1.165) is 0 Å². The fourth-order valence-electron chi connectivity index (χ4n) is 1.36. The number of aliphatic hydroxyl groups is 1. The molecule has 90 valence electrons. The van der Waals surface area contributed by atoms with Crippen LogP contribution in [-0.4, -0.2) is 32.5 Å².